The highest BCUT2D eigenvalue weighted by Crippen LogP contribution is 2.31. The fraction of sp³-hybridized carbons (Fsp3) is 0.200. The summed E-state index contributed by atoms with van der Waals surface area (Å²) < 4.78 is 3.47. The largest absolute Gasteiger partial charge is 0.338 e. The van der Waals surface area contributed by atoms with Crippen molar-refractivity contribution in [1.29, 1.82) is 5.26 Å². The Morgan fingerprint density at radius 3 is 2.75 bits per heavy atom. The van der Waals surface area contributed by atoms with Gasteiger partial charge in [0.1, 0.15) is 11.6 Å². The van der Waals surface area contributed by atoms with Crippen LogP contribution in [0.5, 0.6) is 0 Å². The van der Waals surface area contributed by atoms with E-state index in [2.05, 4.69) is 0 Å². The van der Waals surface area contributed by atoms with Crippen LogP contribution in [0.1, 0.15) is 12.0 Å². The summed E-state index contributed by atoms with van der Waals surface area (Å²) in [5, 5.41) is 21.4. The molecule has 0 radical (unpaired) electrons. The predicted octanol–water partition coefficient (Wildman–Crippen LogP) is 3.51. The number of para-hydroxylation sites is 1. The van der Waals surface area contributed by atoms with Gasteiger partial charge in [0.15, 0.2) is 0 Å². The van der Waals surface area contributed by atoms with Gasteiger partial charge in [-0.2, -0.15) is 5.26 Å². The zero-order valence-corrected chi connectivity index (χ0v) is 15.5. The molecule has 0 fully saturated rings. The number of rotatable bonds is 4. The lowest BCUT2D eigenvalue weighted by atomic mass is 10.1. The number of nitriles is 1. The standard InChI is InChI=1S/C20H15ClN4O3/c21-9-10-23-17-4-2-1-3-16(17)19-18(23)11-13(12-22)20(26)24(19)14-5-7-15(8-6-14)25(27)28/h1-7,11,15H,8-10H2. The van der Waals surface area contributed by atoms with Crippen LogP contribution in [0.25, 0.3) is 27.6 Å². The first-order chi connectivity index (χ1) is 13.6. The fourth-order valence-electron chi connectivity index (χ4n) is 3.68. The third-order valence-corrected chi connectivity index (χ3v) is 5.11. The SMILES string of the molecule is N#Cc1cc2c(c3ccccc3n2CCCl)n(C2=CCC([N+](=O)[O-])C=C2)c1=O. The molecule has 28 heavy (non-hydrogen) atoms. The zero-order chi connectivity index (χ0) is 19.8. The summed E-state index contributed by atoms with van der Waals surface area (Å²) in [7, 11) is 0. The summed E-state index contributed by atoms with van der Waals surface area (Å²) in [4.78, 5) is 23.7. The highest BCUT2D eigenvalue weighted by molar-refractivity contribution is 6.18. The number of hydrogen-bond donors (Lipinski definition) is 0. The summed E-state index contributed by atoms with van der Waals surface area (Å²) in [6.07, 6.45) is 4.91. The molecule has 0 N–H and O–H groups in total. The van der Waals surface area contributed by atoms with E-state index < -0.39 is 11.6 Å². The minimum atomic E-state index is -0.813. The number of nitrogens with zero attached hydrogens (tertiary/aromatic N) is 4. The Hall–Kier alpha value is -3.37. The second-order valence-corrected chi connectivity index (χ2v) is 6.86. The summed E-state index contributed by atoms with van der Waals surface area (Å²) in [5.74, 6) is 0.377. The molecule has 0 saturated heterocycles. The predicted molar refractivity (Wildman–Crippen MR) is 108 cm³/mol. The number of aromatic nitrogens is 2. The van der Waals surface area contributed by atoms with Gasteiger partial charge in [-0.15, -0.1) is 11.6 Å². The highest BCUT2D eigenvalue weighted by Gasteiger charge is 2.23. The Morgan fingerprint density at radius 2 is 2.11 bits per heavy atom. The van der Waals surface area contributed by atoms with Gasteiger partial charge in [0.05, 0.1) is 16.6 Å². The van der Waals surface area contributed by atoms with Crippen LogP contribution in [0.4, 0.5) is 0 Å². The van der Waals surface area contributed by atoms with Gasteiger partial charge in [-0.05, 0) is 24.3 Å². The number of halogens is 1. The van der Waals surface area contributed by atoms with Crippen LogP contribution in [0.2, 0.25) is 0 Å². The molecule has 0 aliphatic heterocycles. The minimum Gasteiger partial charge on any atom is -0.338 e. The summed E-state index contributed by atoms with van der Waals surface area (Å²) in [6, 6.07) is 10.4. The Labute approximate surface area is 164 Å². The van der Waals surface area contributed by atoms with Crippen molar-refractivity contribution in [2.24, 2.45) is 0 Å². The maximum absolute atomic E-state index is 13.0. The molecule has 1 unspecified atom stereocenters. The molecule has 7 nitrogen and oxygen atoms in total. The van der Waals surface area contributed by atoms with Crippen molar-refractivity contribution in [3.8, 4) is 6.07 Å². The van der Waals surface area contributed by atoms with E-state index in [1.807, 2.05) is 34.9 Å². The lowest BCUT2D eigenvalue weighted by molar-refractivity contribution is -0.508. The molecule has 1 aliphatic carbocycles. The highest BCUT2D eigenvalue weighted by atomic mass is 35.5. The van der Waals surface area contributed by atoms with E-state index in [9.17, 15) is 20.2 Å². The number of pyridine rings is 1. The van der Waals surface area contributed by atoms with Crippen LogP contribution in [0.3, 0.4) is 0 Å². The topological polar surface area (TPSA) is 93.9 Å². The molecule has 3 aromatic rings. The van der Waals surface area contributed by atoms with Crippen LogP contribution >= 0.6 is 11.6 Å². The average molecular weight is 395 g/mol. The van der Waals surface area contributed by atoms with Crippen molar-refractivity contribution in [3.63, 3.8) is 0 Å². The lowest BCUT2D eigenvalue weighted by Gasteiger charge is -2.15. The van der Waals surface area contributed by atoms with Crippen LogP contribution in [-0.2, 0) is 6.54 Å². The van der Waals surface area contributed by atoms with E-state index in [0.717, 1.165) is 16.4 Å². The number of benzene rings is 1. The summed E-state index contributed by atoms with van der Waals surface area (Å²) in [6.45, 7) is 0.521. The van der Waals surface area contributed by atoms with E-state index in [0.29, 0.717) is 23.6 Å². The van der Waals surface area contributed by atoms with Gasteiger partial charge in [0, 0.05) is 34.9 Å². The first-order valence-electron chi connectivity index (χ1n) is 8.72. The normalized spacial score (nSPS) is 16.3. The molecular formula is C20H15ClN4O3. The fourth-order valence-corrected chi connectivity index (χ4v) is 3.85. The summed E-state index contributed by atoms with van der Waals surface area (Å²) >= 11 is 5.99. The van der Waals surface area contributed by atoms with Crippen LogP contribution in [0.15, 0.2) is 53.4 Å². The van der Waals surface area contributed by atoms with Gasteiger partial charge < -0.3 is 4.57 Å². The number of nitro groups is 1. The quantitative estimate of drug-likeness (QED) is 0.384. The molecule has 0 amide bonds. The van der Waals surface area contributed by atoms with Crippen LogP contribution < -0.4 is 5.56 Å². The van der Waals surface area contributed by atoms with Gasteiger partial charge in [0.2, 0.25) is 6.04 Å². The number of fused-ring (bicyclic) bond motifs is 3. The van der Waals surface area contributed by atoms with E-state index >= 15 is 0 Å². The van der Waals surface area contributed by atoms with E-state index in [1.165, 1.54) is 10.6 Å². The van der Waals surface area contributed by atoms with E-state index in [4.69, 9.17) is 11.6 Å². The molecule has 0 saturated carbocycles. The Kier molecular flexibility index (Phi) is 4.49. The average Bonchev–Trinajstić information content (AvgIpc) is 3.01. The smallest absolute Gasteiger partial charge is 0.273 e. The van der Waals surface area contributed by atoms with Gasteiger partial charge >= 0.3 is 0 Å². The van der Waals surface area contributed by atoms with Crippen LogP contribution in [0, 0.1) is 21.4 Å². The van der Waals surface area contributed by atoms with Crippen molar-refractivity contribution < 1.29 is 4.92 Å². The van der Waals surface area contributed by atoms with Crippen molar-refractivity contribution >= 4 is 39.2 Å². The third-order valence-electron chi connectivity index (χ3n) is 4.94. The molecule has 1 atom stereocenters. The van der Waals surface area contributed by atoms with Gasteiger partial charge in [-0.1, -0.05) is 24.3 Å². The maximum atomic E-state index is 13.0. The van der Waals surface area contributed by atoms with Gasteiger partial charge in [-0.3, -0.25) is 19.5 Å². The zero-order valence-electron chi connectivity index (χ0n) is 14.7. The van der Waals surface area contributed by atoms with Crippen molar-refractivity contribution in [3.05, 3.63) is 74.6 Å². The van der Waals surface area contributed by atoms with E-state index in [-0.39, 0.29) is 16.9 Å². The molecule has 0 bridgehead atoms. The molecular weight excluding hydrogens is 380 g/mol. The second-order valence-electron chi connectivity index (χ2n) is 6.48. The molecule has 1 aromatic carbocycles. The molecule has 2 aromatic heterocycles. The van der Waals surface area contributed by atoms with Crippen molar-refractivity contribution in [2.75, 3.05) is 5.88 Å². The van der Waals surface area contributed by atoms with Gasteiger partial charge in [0.25, 0.3) is 5.56 Å². The molecule has 1 aliphatic rings. The van der Waals surface area contributed by atoms with Crippen molar-refractivity contribution in [1.82, 2.24) is 9.13 Å². The Bertz CT molecular complexity index is 1280. The number of allylic oxidation sites excluding steroid dienone is 2. The van der Waals surface area contributed by atoms with E-state index in [1.54, 1.807) is 18.2 Å². The number of hydrogen-bond acceptors (Lipinski definition) is 4. The molecule has 4 rings (SSSR count). The summed E-state index contributed by atoms with van der Waals surface area (Å²) in [5.41, 5.74) is 2.39. The van der Waals surface area contributed by atoms with Crippen LogP contribution in [-0.4, -0.2) is 26.0 Å². The molecule has 0 spiro atoms. The second kappa shape index (κ2) is 6.98. The third kappa shape index (κ3) is 2.70. The maximum Gasteiger partial charge on any atom is 0.273 e. The monoisotopic (exact) mass is 394 g/mol. The van der Waals surface area contributed by atoms with Crippen molar-refractivity contribution in [2.45, 2.75) is 19.0 Å². The first-order valence-corrected chi connectivity index (χ1v) is 9.25. The van der Waals surface area contributed by atoms with Gasteiger partial charge in [-0.25, -0.2) is 0 Å². The Morgan fingerprint density at radius 1 is 1.32 bits per heavy atom. The first kappa shape index (κ1) is 18.0. The number of aryl methyl sites for hydroxylation is 1. The molecule has 8 heteroatoms. The number of alkyl halides is 1. The Balaban J connectivity index is 2.09. The lowest BCUT2D eigenvalue weighted by Crippen LogP contribution is -2.24. The molecule has 2 heterocycles. The molecule has 140 valence electrons. The minimum absolute atomic E-state index is 0.0110.